The van der Waals surface area contributed by atoms with Crippen molar-refractivity contribution in [1.29, 1.82) is 0 Å². The van der Waals surface area contributed by atoms with Gasteiger partial charge in [0.2, 0.25) is 5.91 Å². The maximum atomic E-state index is 14.1. The zero-order chi connectivity index (χ0) is 18.0. The fourth-order valence-electron chi connectivity index (χ4n) is 3.48. The number of aromatic nitrogens is 2. The number of nitrogens with zero attached hydrogens (tertiary/aromatic N) is 4. The molecule has 1 amide bonds. The highest BCUT2D eigenvalue weighted by atomic mass is 19.1. The first-order chi connectivity index (χ1) is 11.9. The van der Waals surface area contributed by atoms with Gasteiger partial charge < -0.3 is 4.90 Å². The molecule has 1 fully saturated rings. The molecule has 0 N–H and O–H groups in total. The van der Waals surface area contributed by atoms with E-state index in [1.807, 2.05) is 4.90 Å². The van der Waals surface area contributed by atoms with Crippen molar-refractivity contribution in [2.75, 3.05) is 20.6 Å². The fraction of sp³-hybridized carbons (Fsp3) is 0.389. The average molecular weight is 346 g/mol. The molecule has 3 rings (SSSR count). The number of benzene rings is 1. The molecule has 7 heteroatoms. The van der Waals surface area contributed by atoms with Crippen molar-refractivity contribution in [2.24, 2.45) is 0 Å². The van der Waals surface area contributed by atoms with Crippen LogP contribution in [0, 0.1) is 11.6 Å². The highest BCUT2D eigenvalue weighted by molar-refractivity contribution is 5.87. The second-order valence-corrected chi connectivity index (χ2v) is 6.41. The van der Waals surface area contributed by atoms with Crippen molar-refractivity contribution in [2.45, 2.75) is 24.9 Å². The largest absolute Gasteiger partial charge is 0.347 e. The third-order valence-corrected chi connectivity index (χ3v) is 4.62. The van der Waals surface area contributed by atoms with Crippen LogP contribution in [0.4, 0.5) is 8.78 Å². The van der Waals surface area contributed by atoms with Crippen LogP contribution in [0.3, 0.4) is 0 Å². The quantitative estimate of drug-likeness (QED) is 0.853. The molecule has 1 aliphatic heterocycles. The summed E-state index contributed by atoms with van der Waals surface area (Å²) in [7, 11) is 3.36. The van der Waals surface area contributed by atoms with Gasteiger partial charge in [0.25, 0.3) is 0 Å². The molecule has 1 saturated heterocycles. The minimum Gasteiger partial charge on any atom is -0.347 e. The van der Waals surface area contributed by atoms with Gasteiger partial charge in [-0.15, -0.1) is 0 Å². The summed E-state index contributed by atoms with van der Waals surface area (Å²) in [6.45, 7) is 0.714. The maximum absolute atomic E-state index is 14.1. The van der Waals surface area contributed by atoms with Crippen LogP contribution in [-0.2, 0) is 16.9 Å². The van der Waals surface area contributed by atoms with Gasteiger partial charge in [-0.25, -0.2) is 8.78 Å². The fourth-order valence-corrected chi connectivity index (χ4v) is 3.48. The van der Waals surface area contributed by atoms with E-state index >= 15 is 0 Å². The van der Waals surface area contributed by atoms with Crippen LogP contribution in [0.1, 0.15) is 24.1 Å². The number of carbonyl (C=O) groups is 1. The number of hydrogen-bond donors (Lipinski definition) is 0. The molecule has 2 aromatic rings. The summed E-state index contributed by atoms with van der Waals surface area (Å²) in [4.78, 5) is 24.9. The first-order valence-corrected chi connectivity index (χ1v) is 8.12. The summed E-state index contributed by atoms with van der Waals surface area (Å²) in [5.41, 5.74) is -0.263. The van der Waals surface area contributed by atoms with E-state index in [4.69, 9.17) is 0 Å². The van der Waals surface area contributed by atoms with Crippen molar-refractivity contribution in [3.05, 3.63) is 59.7 Å². The SMILES string of the molecule is CN(C)C(=O)[C@]1(c2cnccn2)CCCN1Cc1cc(F)ccc1F. The van der Waals surface area contributed by atoms with Crippen LogP contribution in [0.15, 0.2) is 36.8 Å². The van der Waals surface area contributed by atoms with E-state index in [0.717, 1.165) is 18.6 Å². The lowest BCUT2D eigenvalue weighted by molar-refractivity contribution is -0.141. The first-order valence-electron chi connectivity index (χ1n) is 8.12. The Hall–Kier alpha value is -2.41. The minimum absolute atomic E-state index is 0.125. The molecule has 1 aliphatic rings. The van der Waals surface area contributed by atoms with E-state index < -0.39 is 17.2 Å². The van der Waals surface area contributed by atoms with Gasteiger partial charge in [-0.3, -0.25) is 19.7 Å². The van der Waals surface area contributed by atoms with E-state index in [9.17, 15) is 13.6 Å². The molecular formula is C18H20F2N4O. The Bertz CT molecular complexity index is 769. The van der Waals surface area contributed by atoms with Gasteiger partial charge in [0.1, 0.15) is 17.2 Å². The van der Waals surface area contributed by atoms with Gasteiger partial charge in [0.15, 0.2) is 0 Å². The Morgan fingerprint density at radius 2 is 2.12 bits per heavy atom. The van der Waals surface area contributed by atoms with Gasteiger partial charge >= 0.3 is 0 Å². The molecule has 0 saturated carbocycles. The predicted octanol–water partition coefficient (Wildman–Crippen LogP) is 2.33. The number of carbonyl (C=O) groups excluding carboxylic acids is 1. The van der Waals surface area contributed by atoms with Crippen LogP contribution in [-0.4, -0.2) is 46.3 Å². The Balaban J connectivity index is 2.04. The molecule has 0 radical (unpaired) electrons. The highest BCUT2D eigenvalue weighted by Gasteiger charge is 2.51. The van der Waals surface area contributed by atoms with Crippen molar-refractivity contribution in [1.82, 2.24) is 19.8 Å². The average Bonchev–Trinajstić information content (AvgIpc) is 3.02. The van der Waals surface area contributed by atoms with Gasteiger partial charge in [-0.2, -0.15) is 0 Å². The second kappa shape index (κ2) is 6.84. The monoisotopic (exact) mass is 346 g/mol. The summed E-state index contributed by atoms with van der Waals surface area (Å²) >= 11 is 0. The molecular weight excluding hydrogens is 326 g/mol. The van der Waals surface area contributed by atoms with Crippen LogP contribution >= 0.6 is 0 Å². The summed E-state index contributed by atoms with van der Waals surface area (Å²) in [6, 6.07) is 3.37. The molecule has 132 valence electrons. The molecule has 5 nitrogen and oxygen atoms in total. The lowest BCUT2D eigenvalue weighted by Gasteiger charge is -2.38. The first kappa shape index (κ1) is 17.4. The molecule has 0 aliphatic carbocycles. The Kier molecular flexibility index (Phi) is 4.76. The third-order valence-electron chi connectivity index (χ3n) is 4.62. The standard InChI is InChI=1S/C18H20F2N4O/c1-23(2)17(25)18(16-11-21-7-8-22-16)6-3-9-24(18)12-13-10-14(19)4-5-15(13)20/h4-5,7-8,10-11H,3,6,9,12H2,1-2H3/t18-/m1/s1. The molecule has 1 aromatic heterocycles. The molecule has 2 heterocycles. The van der Waals surface area contributed by atoms with Crippen LogP contribution in [0.2, 0.25) is 0 Å². The maximum Gasteiger partial charge on any atom is 0.248 e. The Morgan fingerprint density at radius 3 is 2.80 bits per heavy atom. The van der Waals surface area contributed by atoms with E-state index in [1.165, 1.54) is 11.0 Å². The van der Waals surface area contributed by atoms with E-state index in [-0.39, 0.29) is 18.0 Å². The second-order valence-electron chi connectivity index (χ2n) is 6.41. The van der Waals surface area contributed by atoms with Crippen LogP contribution in [0.5, 0.6) is 0 Å². The predicted molar refractivity (Wildman–Crippen MR) is 88.4 cm³/mol. The van der Waals surface area contributed by atoms with Gasteiger partial charge in [-0.05, 0) is 37.6 Å². The number of hydrogen-bond acceptors (Lipinski definition) is 4. The van der Waals surface area contributed by atoms with Crippen molar-refractivity contribution >= 4 is 5.91 Å². The van der Waals surface area contributed by atoms with E-state index in [1.54, 1.807) is 32.7 Å². The lowest BCUT2D eigenvalue weighted by atomic mass is 9.90. The smallest absolute Gasteiger partial charge is 0.248 e. The van der Waals surface area contributed by atoms with Crippen molar-refractivity contribution < 1.29 is 13.6 Å². The summed E-state index contributed by atoms with van der Waals surface area (Å²) in [6.07, 6.45) is 5.97. The highest BCUT2D eigenvalue weighted by Crippen LogP contribution is 2.40. The van der Waals surface area contributed by atoms with Crippen LogP contribution < -0.4 is 0 Å². The molecule has 0 bridgehead atoms. The number of halogens is 2. The number of likely N-dealkylation sites (tertiary alicyclic amines) is 1. The van der Waals surface area contributed by atoms with Crippen LogP contribution in [0.25, 0.3) is 0 Å². The summed E-state index contributed by atoms with van der Waals surface area (Å²) < 4.78 is 27.7. The molecule has 0 spiro atoms. The molecule has 0 unspecified atom stereocenters. The zero-order valence-electron chi connectivity index (χ0n) is 14.2. The Labute approximate surface area is 145 Å². The molecule has 25 heavy (non-hydrogen) atoms. The lowest BCUT2D eigenvalue weighted by Crippen LogP contribution is -2.52. The van der Waals surface area contributed by atoms with Gasteiger partial charge in [0, 0.05) is 38.6 Å². The van der Waals surface area contributed by atoms with Gasteiger partial charge in [-0.1, -0.05) is 0 Å². The summed E-state index contributed by atoms with van der Waals surface area (Å²) in [5.74, 6) is -1.12. The molecule has 1 aromatic carbocycles. The topological polar surface area (TPSA) is 49.3 Å². The molecule has 1 atom stereocenters. The van der Waals surface area contributed by atoms with Crippen molar-refractivity contribution in [3.8, 4) is 0 Å². The number of likely N-dealkylation sites (N-methyl/N-ethyl adjacent to an activating group) is 1. The zero-order valence-corrected chi connectivity index (χ0v) is 14.2. The Morgan fingerprint density at radius 1 is 1.32 bits per heavy atom. The van der Waals surface area contributed by atoms with Crippen molar-refractivity contribution in [3.63, 3.8) is 0 Å². The summed E-state index contributed by atoms with van der Waals surface area (Å²) in [5, 5.41) is 0. The van der Waals surface area contributed by atoms with Gasteiger partial charge in [0.05, 0.1) is 11.9 Å². The minimum atomic E-state index is -1.02. The van der Waals surface area contributed by atoms with E-state index in [2.05, 4.69) is 9.97 Å². The van der Waals surface area contributed by atoms with E-state index in [0.29, 0.717) is 18.7 Å². The number of rotatable bonds is 4. The normalized spacial score (nSPS) is 20.6. The number of amides is 1. The third kappa shape index (κ3) is 3.11.